The van der Waals surface area contributed by atoms with Gasteiger partial charge < -0.3 is 14.8 Å². The molecular formula is C16H24N2O2. The molecule has 0 bridgehead atoms. The Hall–Kier alpha value is -1.52. The zero-order valence-corrected chi connectivity index (χ0v) is 12.4. The Labute approximate surface area is 121 Å². The summed E-state index contributed by atoms with van der Waals surface area (Å²) in [7, 11) is 3.34. The molecule has 2 rings (SSSR count). The number of nitrogens with zero attached hydrogens (tertiary/aromatic N) is 1. The van der Waals surface area contributed by atoms with E-state index in [-0.39, 0.29) is 0 Å². The Kier molecular flexibility index (Phi) is 5.44. The van der Waals surface area contributed by atoms with Crippen LogP contribution in [0.25, 0.3) is 0 Å². The third-order valence-electron chi connectivity index (χ3n) is 3.77. The maximum atomic E-state index is 5.41. The average molecular weight is 276 g/mol. The van der Waals surface area contributed by atoms with Gasteiger partial charge in [-0.2, -0.15) is 0 Å². The predicted octanol–water partition coefficient (Wildman–Crippen LogP) is 2.23. The number of piperazine rings is 1. The van der Waals surface area contributed by atoms with Crippen molar-refractivity contribution >= 4 is 0 Å². The van der Waals surface area contributed by atoms with Gasteiger partial charge in [0.1, 0.15) is 0 Å². The maximum absolute atomic E-state index is 5.41. The van der Waals surface area contributed by atoms with E-state index in [9.17, 15) is 0 Å². The van der Waals surface area contributed by atoms with Gasteiger partial charge >= 0.3 is 0 Å². The molecule has 1 aromatic carbocycles. The minimum Gasteiger partial charge on any atom is -0.493 e. The first-order chi connectivity index (χ1) is 9.80. The molecular weight excluding hydrogens is 252 g/mol. The first-order valence-electron chi connectivity index (χ1n) is 7.07. The zero-order valence-electron chi connectivity index (χ0n) is 12.4. The van der Waals surface area contributed by atoms with Gasteiger partial charge in [-0.1, -0.05) is 12.1 Å². The molecule has 0 amide bonds. The molecule has 1 aliphatic rings. The molecule has 4 nitrogen and oxygen atoms in total. The van der Waals surface area contributed by atoms with E-state index in [0.29, 0.717) is 6.04 Å². The number of hydrogen-bond donors (Lipinski definition) is 1. The zero-order chi connectivity index (χ0) is 14.4. The summed E-state index contributed by atoms with van der Waals surface area (Å²) >= 11 is 0. The van der Waals surface area contributed by atoms with Gasteiger partial charge in [-0.3, -0.25) is 4.90 Å². The van der Waals surface area contributed by atoms with E-state index in [1.165, 1.54) is 5.56 Å². The van der Waals surface area contributed by atoms with Crippen molar-refractivity contribution < 1.29 is 9.47 Å². The van der Waals surface area contributed by atoms with Crippen molar-refractivity contribution in [3.8, 4) is 11.5 Å². The Bertz CT molecular complexity index is 442. The highest BCUT2D eigenvalue weighted by Gasteiger charge is 2.22. The first kappa shape index (κ1) is 14.9. The molecule has 110 valence electrons. The van der Waals surface area contributed by atoms with Crippen molar-refractivity contribution in [1.82, 2.24) is 10.2 Å². The Morgan fingerprint density at radius 1 is 1.25 bits per heavy atom. The summed E-state index contributed by atoms with van der Waals surface area (Å²) in [5, 5.41) is 3.39. The van der Waals surface area contributed by atoms with Crippen molar-refractivity contribution in [2.75, 3.05) is 40.4 Å². The van der Waals surface area contributed by atoms with Gasteiger partial charge in [-0.05, 0) is 24.1 Å². The standard InChI is InChI=1S/C16H24N2O2/c1-4-5-14(18-10-8-17-9-11-18)13-6-7-15(19-2)16(12-13)20-3/h4,6-7,12,14,17H,1,5,8-11H2,2-3H3/t14-/m1/s1. The largest absolute Gasteiger partial charge is 0.493 e. The summed E-state index contributed by atoms with van der Waals surface area (Å²) in [4.78, 5) is 2.50. The molecule has 1 aromatic rings. The van der Waals surface area contributed by atoms with Crippen LogP contribution in [0.5, 0.6) is 11.5 Å². The lowest BCUT2D eigenvalue weighted by atomic mass is 10.0. The number of hydrogen-bond acceptors (Lipinski definition) is 4. The molecule has 1 aliphatic heterocycles. The lowest BCUT2D eigenvalue weighted by Gasteiger charge is -2.35. The number of nitrogens with one attached hydrogen (secondary N) is 1. The van der Waals surface area contributed by atoms with Gasteiger partial charge in [0.25, 0.3) is 0 Å². The quantitative estimate of drug-likeness (QED) is 0.808. The number of benzene rings is 1. The van der Waals surface area contributed by atoms with Gasteiger partial charge in [0, 0.05) is 32.2 Å². The smallest absolute Gasteiger partial charge is 0.161 e. The second kappa shape index (κ2) is 7.31. The molecule has 0 radical (unpaired) electrons. The van der Waals surface area contributed by atoms with Crippen LogP contribution in [0.4, 0.5) is 0 Å². The van der Waals surface area contributed by atoms with Crippen LogP contribution >= 0.6 is 0 Å². The van der Waals surface area contributed by atoms with Crippen LogP contribution in [-0.2, 0) is 0 Å². The molecule has 0 unspecified atom stereocenters. The molecule has 1 N–H and O–H groups in total. The summed E-state index contributed by atoms with van der Waals surface area (Å²) in [6.45, 7) is 8.11. The fraction of sp³-hybridized carbons (Fsp3) is 0.500. The highest BCUT2D eigenvalue weighted by molar-refractivity contribution is 5.44. The van der Waals surface area contributed by atoms with Crippen LogP contribution in [0.15, 0.2) is 30.9 Å². The fourth-order valence-corrected chi connectivity index (χ4v) is 2.71. The van der Waals surface area contributed by atoms with Crippen molar-refractivity contribution in [3.63, 3.8) is 0 Å². The lowest BCUT2D eigenvalue weighted by Crippen LogP contribution is -2.45. The van der Waals surface area contributed by atoms with E-state index >= 15 is 0 Å². The van der Waals surface area contributed by atoms with Crippen LogP contribution < -0.4 is 14.8 Å². The normalized spacial score (nSPS) is 17.5. The molecule has 0 spiro atoms. The van der Waals surface area contributed by atoms with Gasteiger partial charge in [0.15, 0.2) is 11.5 Å². The SMILES string of the molecule is C=CC[C@H](c1ccc(OC)c(OC)c1)N1CCNCC1. The van der Waals surface area contributed by atoms with E-state index in [0.717, 1.165) is 44.1 Å². The number of rotatable bonds is 6. The molecule has 4 heteroatoms. The molecule has 1 heterocycles. The number of methoxy groups -OCH3 is 2. The topological polar surface area (TPSA) is 33.7 Å². The van der Waals surface area contributed by atoms with Crippen LogP contribution in [0.2, 0.25) is 0 Å². The van der Waals surface area contributed by atoms with Crippen LogP contribution in [0.1, 0.15) is 18.0 Å². The average Bonchev–Trinajstić information content (AvgIpc) is 2.52. The van der Waals surface area contributed by atoms with Gasteiger partial charge in [0.05, 0.1) is 14.2 Å². The summed E-state index contributed by atoms with van der Waals surface area (Å²) in [6, 6.07) is 6.54. The molecule has 0 aromatic heterocycles. The predicted molar refractivity (Wildman–Crippen MR) is 81.5 cm³/mol. The third kappa shape index (κ3) is 3.32. The summed E-state index contributed by atoms with van der Waals surface area (Å²) < 4.78 is 10.7. The maximum Gasteiger partial charge on any atom is 0.161 e. The molecule has 1 atom stereocenters. The van der Waals surface area contributed by atoms with E-state index < -0.39 is 0 Å². The highest BCUT2D eigenvalue weighted by atomic mass is 16.5. The molecule has 0 saturated carbocycles. The van der Waals surface area contributed by atoms with Crippen LogP contribution in [0.3, 0.4) is 0 Å². The van der Waals surface area contributed by atoms with Crippen LogP contribution in [0, 0.1) is 0 Å². The van der Waals surface area contributed by atoms with Crippen molar-refractivity contribution in [1.29, 1.82) is 0 Å². The minimum absolute atomic E-state index is 0.356. The van der Waals surface area contributed by atoms with Crippen molar-refractivity contribution in [2.45, 2.75) is 12.5 Å². The third-order valence-corrected chi connectivity index (χ3v) is 3.77. The first-order valence-corrected chi connectivity index (χ1v) is 7.07. The molecule has 1 saturated heterocycles. The van der Waals surface area contributed by atoms with E-state index in [1.54, 1.807) is 14.2 Å². The number of ether oxygens (including phenoxy) is 2. The summed E-state index contributed by atoms with van der Waals surface area (Å²) in [6.07, 6.45) is 2.93. The monoisotopic (exact) mass is 276 g/mol. The fourth-order valence-electron chi connectivity index (χ4n) is 2.71. The van der Waals surface area contributed by atoms with E-state index in [4.69, 9.17) is 9.47 Å². The second-order valence-electron chi connectivity index (χ2n) is 4.94. The Morgan fingerprint density at radius 3 is 2.55 bits per heavy atom. The Balaban J connectivity index is 2.25. The van der Waals surface area contributed by atoms with Gasteiger partial charge in [0.2, 0.25) is 0 Å². The van der Waals surface area contributed by atoms with Crippen LogP contribution in [-0.4, -0.2) is 45.3 Å². The minimum atomic E-state index is 0.356. The highest BCUT2D eigenvalue weighted by Crippen LogP contribution is 2.33. The molecule has 1 fully saturated rings. The summed E-state index contributed by atoms with van der Waals surface area (Å²) in [5.74, 6) is 1.56. The second-order valence-corrected chi connectivity index (χ2v) is 4.94. The van der Waals surface area contributed by atoms with Gasteiger partial charge in [-0.15, -0.1) is 6.58 Å². The summed E-state index contributed by atoms with van der Waals surface area (Å²) in [5.41, 5.74) is 1.25. The Morgan fingerprint density at radius 2 is 1.95 bits per heavy atom. The molecule has 20 heavy (non-hydrogen) atoms. The van der Waals surface area contributed by atoms with Gasteiger partial charge in [-0.25, -0.2) is 0 Å². The van der Waals surface area contributed by atoms with E-state index in [2.05, 4.69) is 28.9 Å². The van der Waals surface area contributed by atoms with Crippen molar-refractivity contribution in [3.05, 3.63) is 36.4 Å². The molecule has 0 aliphatic carbocycles. The van der Waals surface area contributed by atoms with Crippen molar-refractivity contribution in [2.24, 2.45) is 0 Å². The van der Waals surface area contributed by atoms with E-state index in [1.807, 2.05) is 12.1 Å². The lowest BCUT2D eigenvalue weighted by molar-refractivity contribution is 0.174.